The summed E-state index contributed by atoms with van der Waals surface area (Å²) in [7, 11) is 1.36. The first-order valence-electron chi connectivity index (χ1n) is 6.25. The molecule has 8 heteroatoms. The predicted molar refractivity (Wildman–Crippen MR) is 79.7 cm³/mol. The molecule has 0 amide bonds. The highest BCUT2D eigenvalue weighted by Crippen LogP contribution is 2.22. The van der Waals surface area contributed by atoms with Crippen molar-refractivity contribution in [1.29, 1.82) is 0 Å². The average Bonchev–Trinajstić information content (AvgIpc) is 2.88. The Labute approximate surface area is 125 Å². The summed E-state index contributed by atoms with van der Waals surface area (Å²) in [4.78, 5) is 15.9. The molecular formula is C13H13N5O2S. The van der Waals surface area contributed by atoms with Gasteiger partial charge in [-0.15, -0.1) is 10.2 Å². The summed E-state index contributed by atoms with van der Waals surface area (Å²) in [5, 5.41) is 8.87. The van der Waals surface area contributed by atoms with Crippen LogP contribution < -0.4 is 5.43 Å². The number of benzene rings is 1. The summed E-state index contributed by atoms with van der Waals surface area (Å²) in [5.41, 5.74) is 4.44. The third-order valence-electron chi connectivity index (χ3n) is 2.93. The van der Waals surface area contributed by atoms with Gasteiger partial charge in [0.2, 0.25) is 5.16 Å². The summed E-state index contributed by atoms with van der Waals surface area (Å²) in [6.07, 6.45) is 0. The lowest BCUT2D eigenvalue weighted by atomic mass is 10.2. The van der Waals surface area contributed by atoms with Gasteiger partial charge in [-0.2, -0.15) is 0 Å². The van der Waals surface area contributed by atoms with E-state index >= 15 is 0 Å². The minimum absolute atomic E-state index is 0.356. The highest BCUT2D eigenvalue weighted by molar-refractivity contribution is 7.99. The second-order valence-electron chi connectivity index (χ2n) is 4.36. The molecular weight excluding hydrogens is 290 g/mol. The van der Waals surface area contributed by atoms with Crippen molar-refractivity contribution in [1.82, 2.24) is 14.9 Å². The Kier molecular flexibility index (Phi) is 3.61. The van der Waals surface area contributed by atoms with E-state index in [9.17, 15) is 4.79 Å². The van der Waals surface area contributed by atoms with E-state index < -0.39 is 0 Å². The van der Waals surface area contributed by atoms with Crippen LogP contribution in [0.1, 0.15) is 16.2 Å². The van der Waals surface area contributed by atoms with E-state index in [4.69, 9.17) is 0 Å². The van der Waals surface area contributed by atoms with E-state index in [0.717, 1.165) is 22.5 Å². The van der Waals surface area contributed by atoms with Gasteiger partial charge in [0.25, 0.3) is 0 Å². The lowest BCUT2D eigenvalue weighted by Crippen LogP contribution is -2.30. The molecule has 108 valence electrons. The van der Waals surface area contributed by atoms with Crippen LogP contribution >= 0.6 is 11.8 Å². The molecule has 0 atom stereocenters. The fourth-order valence-electron chi connectivity index (χ4n) is 1.86. The maximum absolute atomic E-state index is 11.4. The molecule has 21 heavy (non-hydrogen) atoms. The van der Waals surface area contributed by atoms with Crippen LogP contribution in [0.15, 0.2) is 34.4 Å². The van der Waals surface area contributed by atoms with Gasteiger partial charge < -0.3 is 4.74 Å². The van der Waals surface area contributed by atoms with E-state index in [-0.39, 0.29) is 5.97 Å². The van der Waals surface area contributed by atoms with Crippen molar-refractivity contribution in [2.45, 2.75) is 12.1 Å². The molecule has 0 radical (unpaired) electrons. The number of carbonyl (C=O) groups is 1. The lowest BCUT2D eigenvalue weighted by molar-refractivity contribution is 0.0601. The Morgan fingerprint density at radius 2 is 2.14 bits per heavy atom. The Hall–Kier alpha value is -2.35. The van der Waals surface area contributed by atoms with Gasteiger partial charge in [0.1, 0.15) is 11.7 Å². The molecule has 0 unspecified atom stereocenters. The van der Waals surface area contributed by atoms with Crippen LogP contribution in [0.5, 0.6) is 0 Å². The number of thioether (sulfide) groups is 1. The predicted octanol–water partition coefficient (Wildman–Crippen LogP) is 1.75. The minimum Gasteiger partial charge on any atom is -0.465 e. The number of rotatable bonds is 2. The Balaban J connectivity index is 1.80. The van der Waals surface area contributed by atoms with Crippen molar-refractivity contribution in [3.63, 3.8) is 0 Å². The molecule has 0 spiro atoms. The number of esters is 1. The number of fused-ring (bicyclic) bond motifs is 1. The molecule has 1 aliphatic heterocycles. The fourth-order valence-corrected chi connectivity index (χ4v) is 2.66. The molecule has 1 aromatic heterocycles. The van der Waals surface area contributed by atoms with E-state index in [2.05, 4.69) is 25.4 Å². The molecule has 0 aliphatic carbocycles. The summed E-state index contributed by atoms with van der Waals surface area (Å²) < 4.78 is 6.46. The third-order valence-corrected chi connectivity index (χ3v) is 3.87. The van der Waals surface area contributed by atoms with Gasteiger partial charge in [-0.25, -0.2) is 14.5 Å². The topological polar surface area (TPSA) is 81.4 Å². The van der Waals surface area contributed by atoms with Gasteiger partial charge in [-0.3, -0.25) is 5.43 Å². The van der Waals surface area contributed by atoms with Gasteiger partial charge in [0.05, 0.1) is 24.1 Å². The molecule has 2 aromatic rings. The maximum Gasteiger partial charge on any atom is 0.337 e. The van der Waals surface area contributed by atoms with Crippen LogP contribution in [0.2, 0.25) is 0 Å². The normalized spacial score (nSPS) is 15.4. The molecule has 3 rings (SSSR count). The average molecular weight is 303 g/mol. The SMILES string of the molecule is COC(=O)c1ccc(N=C2CSc3nnc(C)n3N2)cc1. The zero-order valence-electron chi connectivity index (χ0n) is 11.5. The second-order valence-corrected chi connectivity index (χ2v) is 5.31. The van der Waals surface area contributed by atoms with Crippen LogP contribution in [-0.4, -0.2) is 39.5 Å². The first-order chi connectivity index (χ1) is 10.2. The largest absolute Gasteiger partial charge is 0.465 e. The quantitative estimate of drug-likeness (QED) is 0.851. The molecule has 0 fully saturated rings. The minimum atomic E-state index is -0.356. The van der Waals surface area contributed by atoms with Crippen LogP contribution in [-0.2, 0) is 4.74 Å². The number of nitrogens with zero attached hydrogens (tertiary/aromatic N) is 4. The standard InChI is InChI=1S/C13H13N5O2S/c1-8-15-16-13-18(8)17-11(7-21-13)14-10-5-3-9(4-6-10)12(19)20-2/h3-6H,7H2,1-2H3,(H,14,17). The number of aryl methyl sites for hydroxylation is 1. The zero-order valence-corrected chi connectivity index (χ0v) is 12.3. The summed E-state index contributed by atoms with van der Waals surface area (Å²) in [6.45, 7) is 1.87. The molecule has 7 nitrogen and oxygen atoms in total. The Bertz CT molecular complexity index is 708. The molecule has 2 heterocycles. The van der Waals surface area contributed by atoms with Gasteiger partial charge in [-0.1, -0.05) is 11.8 Å². The second kappa shape index (κ2) is 5.57. The van der Waals surface area contributed by atoms with E-state index in [0.29, 0.717) is 11.3 Å². The first-order valence-corrected chi connectivity index (χ1v) is 7.24. The van der Waals surface area contributed by atoms with Crippen LogP contribution in [0.3, 0.4) is 0 Å². The number of carbonyl (C=O) groups excluding carboxylic acids is 1. The molecule has 1 aliphatic rings. The number of ether oxygens (including phenoxy) is 1. The smallest absolute Gasteiger partial charge is 0.337 e. The van der Waals surface area contributed by atoms with Crippen molar-refractivity contribution in [3.05, 3.63) is 35.7 Å². The fraction of sp³-hybridized carbons (Fsp3) is 0.231. The summed E-state index contributed by atoms with van der Waals surface area (Å²) >= 11 is 1.57. The van der Waals surface area contributed by atoms with Crippen molar-refractivity contribution < 1.29 is 9.53 Å². The molecule has 0 bridgehead atoms. The van der Waals surface area contributed by atoms with E-state index in [1.165, 1.54) is 7.11 Å². The Morgan fingerprint density at radius 1 is 1.38 bits per heavy atom. The summed E-state index contributed by atoms with van der Waals surface area (Å²) in [6, 6.07) is 6.94. The van der Waals surface area contributed by atoms with Crippen LogP contribution in [0, 0.1) is 6.92 Å². The van der Waals surface area contributed by atoms with Crippen molar-refractivity contribution in [2.75, 3.05) is 18.3 Å². The number of amidine groups is 1. The van der Waals surface area contributed by atoms with E-state index in [1.807, 2.05) is 6.92 Å². The molecule has 1 N–H and O–H groups in total. The van der Waals surface area contributed by atoms with Crippen LogP contribution in [0.4, 0.5) is 5.69 Å². The summed E-state index contributed by atoms with van der Waals surface area (Å²) in [5.74, 6) is 1.93. The van der Waals surface area contributed by atoms with Gasteiger partial charge in [0.15, 0.2) is 0 Å². The highest BCUT2D eigenvalue weighted by atomic mass is 32.2. The number of hydrogen-bond donors (Lipinski definition) is 1. The van der Waals surface area contributed by atoms with Crippen molar-refractivity contribution in [2.24, 2.45) is 4.99 Å². The van der Waals surface area contributed by atoms with Crippen LogP contribution in [0.25, 0.3) is 0 Å². The monoisotopic (exact) mass is 303 g/mol. The molecule has 1 aromatic carbocycles. The van der Waals surface area contributed by atoms with Crippen molar-refractivity contribution >= 4 is 29.3 Å². The van der Waals surface area contributed by atoms with E-state index in [1.54, 1.807) is 40.7 Å². The van der Waals surface area contributed by atoms with Gasteiger partial charge >= 0.3 is 5.97 Å². The first kappa shape index (κ1) is 13.6. The van der Waals surface area contributed by atoms with Crippen molar-refractivity contribution in [3.8, 4) is 0 Å². The number of methoxy groups -OCH3 is 1. The highest BCUT2D eigenvalue weighted by Gasteiger charge is 2.17. The molecule has 0 saturated carbocycles. The number of nitrogens with one attached hydrogen (secondary N) is 1. The Morgan fingerprint density at radius 3 is 2.86 bits per heavy atom. The molecule has 0 saturated heterocycles. The number of aliphatic imine (C=N–C) groups is 1. The third kappa shape index (κ3) is 2.75. The maximum atomic E-state index is 11.4. The lowest BCUT2D eigenvalue weighted by Gasteiger charge is -2.17. The number of hydrogen-bond acceptors (Lipinski definition) is 6. The van der Waals surface area contributed by atoms with Gasteiger partial charge in [0, 0.05) is 0 Å². The zero-order chi connectivity index (χ0) is 14.8. The van der Waals surface area contributed by atoms with Gasteiger partial charge in [-0.05, 0) is 31.2 Å². The number of aromatic nitrogens is 3.